The maximum atomic E-state index is 14.0. The summed E-state index contributed by atoms with van der Waals surface area (Å²) in [6.45, 7) is 2.98. The molecule has 2 aromatic rings. The van der Waals surface area contributed by atoms with Crippen LogP contribution in [0.2, 0.25) is 0 Å². The second kappa shape index (κ2) is 10.5. The van der Waals surface area contributed by atoms with Crippen molar-refractivity contribution in [2.24, 2.45) is 5.92 Å². The van der Waals surface area contributed by atoms with E-state index in [0.29, 0.717) is 25.9 Å². The monoisotopic (exact) mass is 439 g/mol. The molecule has 2 saturated heterocycles. The van der Waals surface area contributed by atoms with Gasteiger partial charge in [0.05, 0.1) is 6.04 Å². The molecule has 32 heavy (non-hydrogen) atoms. The standard InChI is InChI=1S/C25H30FN3O3/c26-21-10-4-5-11-23(21)32-18-22(19-8-2-1-3-9-19)27-24(30)20-12-16-29(17-13-20)25(31)28-14-6-7-15-28/h1-5,8-11,20,22H,6-7,12-18H2,(H,27,30). The molecule has 0 aromatic heterocycles. The number of urea groups is 1. The van der Waals surface area contributed by atoms with Crippen LogP contribution in [0.15, 0.2) is 54.6 Å². The minimum absolute atomic E-state index is 0.0516. The van der Waals surface area contributed by atoms with Gasteiger partial charge in [-0.3, -0.25) is 4.79 Å². The SMILES string of the molecule is O=C(NC(COc1ccccc1F)c1ccccc1)C1CCN(C(=O)N2CCCC2)CC1. The fourth-order valence-corrected chi connectivity index (χ4v) is 4.37. The average Bonchev–Trinajstić information content (AvgIpc) is 3.38. The van der Waals surface area contributed by atoms with Crippen molar-refractivity contribution in [3.63, 3.8) is 0 Å². The molecule has 0 spiro atoms. The maximum absolute atomic E-state index is 14.0. The summed E-state index contributed by atoms with van der Waals surface area (Å²) in [5.41, 5.74) is 0.902. The Morgan fingerprint density at radius 1 is 0.938 bits per heavy atom. The number of para-hydroxylation sites is 1. The largest absolute Gasteiger partial charge is 0.488 e. The first kappa shape index (κ1) is 22.1. The number of piperidine rings is 1. The van der Waals surface area contributed by atoms with Gasteiger partial charge < -0.3 is 19.9 Å². The molecule has 0 saturated carbocycles. The van der Waals surface area contributed by atoms with Gasteiger partial charge in [-0.15, -0.1) is 0 Å². The van der Waals surface area contributed by atoms with Gasteiger partial charge in [-0.25, -0.2) is 9.18 Å². The first-order valence-corrected chi connectivity index (χ1v) is 11.4. The Balaban J connectivity index is 1.35. The first-order chi connectivity index (χ1) is 15.6. The summed E-state index contributed by atoms with van der Waals surface area (Å²) >= 11 is 0. The minimum Gasteiger partial charge on any atom is -0.488 e. The van der Waals surface area contributed by atoms with Gasteiger partial charge in [0, 0.05) is 32.1 Å². The third-order valence-corrected chi connectivity index (χ3v) is 6.27. The normalized spacial score (nSPS) is 17.8. The predicted molar refractivity (Wildman–Crippen MR) is 120 cm³/mol. The molecule has 2 aromatic carbocycles. The summed E-state index contributed by atoms with van der Waals surface area (Å²) in [6.07, 6.45) is 3.42. The molecule has 1 unspecified atom stereocenters. The number of nitrogens with zero attached hydrogens (tertiary/aromatic N) is 2. The van der Waals surface area contributed by atoms with Crippen LogP contribution in [-0.4, -0.2) is 54.5 Å². The number of hydrogen-bond donors (Lipinski definition) is 1. The molecule has 2 fully saturated rings. The van der Waals surface area contributed by atoms with Crippen molar-refractivity contribution >= 4 is 11.9 Å². The lowest BCUT2D eigenvalue weighted by molar-refractivity contribution is -0.127. The predicted octanol–water partition coefficient (Wildman–Crippen LogP) is 3.99. The number of likely N-dealkylation sites (tertiary alicyclic amines) is 2. The average molecular weight is 440 g/mol. The number of halogens is 1. The second-order valence-corrected chi connectivity index (χ2v) is 8.45. The Kier molecular flexibility index (Phi) is 7.24. The molecule has 1 atom stereocenters. The number of ether oxygens (including phenoxy) is 1. The van der Waals surface area contributed by atoms with Crippen LogP contribution in [0.25, 0.3) is 0 Å². The summed E-state index contributed by atoms with van der Waals surface area (Å²) in [4.78, 5) is 29.4. The highest BCUT2D eigenvalue weighted by Gasteiger charge is 2.31. The van der Waals surface area contributed by atoms with Crippen molar-refractivity contribution in [2.75, 3.05) is 32.8 Å². The van der Waals surface area contributed by atoms with Crippen LogP contribution in [-0.2, 0) is 4.79 Å². The lowest BCUT2D eigenvalue weighted by atomic mass is 9.95. The van der Waals surface area contributed by atoms with E-state index in [9.17, 15) is 14.0 Å². The van der Waals surface area contributed by atoms with Crippen LogP contribution >= 0.6 is 0 Å². The second-order valence-electron chi connectivity index (χ2n) is 8.45. The number of rotatable bonds is 6. The Morgan fingerprint density at radius 3 is 2.25 bits per heavy atom. The summed E-state index contributed by atoms with van der Waals surface area (Å²) < 4.78 is 19.7. The number of amides is 3. The van der Waals surface area contributed by atoms with Crippen molar-refractivity contribution < 1.29 is 18.7 Å². The fraction of sp³-hybridized carbons (Fsp3) is 0.440. The molecular formula is C25H30FN3O3. The van der Waals surface area contributed by atoms with E-state index in [0.717, 1.165) is 31.5 Å². The molecular weight excluding hydrogens is 409 g/mol. The van der Waals surface area contributed by atoms with E-state index in [1.807, 2.05) is 40.1 Å². The van der Waals surface area contributed by atoms with Gasteiger partial charge in [0.25, 0.3) is 0 Å². The quantitative estimate of drug-likeness (QED) is 0.740. The summed E-state index contributed by atoms with van der Waals surface area (Å²) in [5, 5.41) is 3.09. The zero-order valence-corrected chi connectivity index (χ0v) is 18.2. The van der Waals surface area contributed by atoms with Gasteiger partial charge >= 0.3 is 6.03 Å². The highest BCUT2D eigenvalue weighted by Crippen LogP contribution is 2.23. The van der Waals surface area contributed by atoms with Gasteiger partial charge in [0.1, 0.15) is 6.61 Å². The van der Waals surface area contributed by atoms with E-state index in [1.54, 1.807) is 18.2 Å². The van der Waals surface area contributed by atoms with Crippen LogP contribution in [0.1, 0.15) is 37.3 Å². The Morgan fingerprint density at radius 2 is 1.56 bits per heavy atom. The molecule has 2 aliphatic rings. The molecule has 2 heterocycles. The summed E-state index contributed by atoms with van der Waals surface area (Å²) in [7, 11) is 0. The van der Waals surface area contributed by atoms with Gasteiger partial charge in [-0.1, -0.05) is 42.5 Å². The molecule has 0 radical (unpaired) electrons. The van der Waals surface area contributed by atoms with Crippen LogP contribution < -0.4 is 10.1 Å². The van der Waals surface area contributed by atoms with Crippen molar-refractivity contribution in [2.45, 2.75) is 31.7 Å². The van der Waals surface area contributed by atoms with Crippen molar-refractivity contribution in [3.05, 3.63) is 66.0 Å². The molecule has 0 aliphatic carbocycles. The van der Waals surface area contributed by atoms with E-state index in [4.69, 9.17) is 4.74 Å². The lowest BCUT2D eigenvalue weighted by Gasteiger charge is -2.34. The molecule has 1 N–H and O–H groups in total. The van der Waals surface area contributed by atoms with E-state index in [2.05, 4.69) is 5.32 Å². The number of benzene rings is 2. The molecule has 3 amide bonds. The zero-order valence-electron chi connectivity index (χ0n) is 18.2. The highest BCUT2D eigenvalue weighted by atomic mass is 19.1. The molecule has 0 bridgehead atoms. The number of carbonyl (C=O) groups excluding carboxylic acids is 2. The number of hydrogen-bond acceptors (Lipinski definition) is 3. The van der Waals surface area contributed by atoms with Gasteiger partial charge in [0.2, 0.25) is 5.91 Å². The van der Waals surface area contributed by atoms with Crippen LogP contribution in [0, 0.1) is 11.7 Å². The van der Waals surface area contributed by atoms with Gasteiger partial charge in [-0.05, 0) is 43.4 Å². The van der Waals surface area contributed by atoms with Gasteiger partial charge in [0.15, 0.2) is 11.6 Å². The van der Waals surface area contributed by atoms with Crippen LogP contribution in [0.5, 0.6) is 5.75 Å². The smallest absolute Gasteiger partial charge is 0.319 e. The molecule has 6 nitrogen and oxygen atoms in total. The summed E-state index contributed by atoms with van der Waals surface area (Å²) in [5.74, 6) is -0.473. The Hall–Kier alpha value is -3.09. The number of nitrogens with one attached hydrogen (secondary N) is 1. The Labute approximate surface area is 188 Å². The van der Waals surface area contributed by atoms with Crippen LogP contribution in [0.4, 0.5) is 9.18 Å². The van der Waals surface area contributed by atoms with Crippen molar-refractivity contribution in [3.8, 4) is 5.75 Å². The van der Waals surface area contributed by atoms with Crippen molar-refractivity contribution in [1.82, 2.24) is 15.1 Å². The summed E-state index contributed by atoms with van der Waals surface area (Å²) in [6, 6.07) is 15.5. The third kappa shape index (κ3) is 5.39. The van der Waals surface area contributed by atoms with E-state index >= 15 is 0 Å². The van der Waals surface area contributed by atoms with Crippen LogP contribution in [0.3, 0.4) is 0 Å². The topological polar surface area (TPSA) is 61.9 Å². The Bertz CT molecular complexity index is 910. The van der Waals surface area contributed by atoms with E-state index in [-0.39, 0.29) is 30.2 Å². The fourth-order valence-electron chi connectivity index (χ4n) is 4.37. The molecule has 7 heteroatoms. The van der Waals surface area contributed by atoms with Gasteiger partial charge in [-0.2, -0.15) is 0 Å². The van der Waals surface area contributed by atoms with E-state index in [1.165, 1.54) is 6.07 Å². The maximum Gasteiger partial charge on any atom is 0.319 e. The highest BCUT2D eigenvalue weighted by molar-refractivity contribution is 5.80. The first-order valence-electron chi connectivity index (χ1n) is 11.4. The molecule has 2 aliphatic heterocycles. The third-order valence-electron chi connectivity index (χ3n) is 6.27. The molecule has 4 rings (SSSR count). The molecule has 170 valence electrons. The van der Waals surface area contributed by atoms with E-state index < -0.39 is 11.9 Å². The number of carbonyl (C=O) groups is 2. The minimum atomic E-state index is -0.430. The van der Waals surface area contributed by atoms with Crippen molar-refractivity contribution in [1.29, 1.82) is 0 Å². The zero-order chi connectivity index (χ0) is 22.3. The lowest BCUT2D eigenvalue weighted by Crippen LogP contribution is -2.48.